The minimum Gasteiger partial charge on any atom is -0.481 e. The van der Waals surface area contributed by atoms with Crippen LogP contribution in [0.15, 0.2) is 30.3 Å². The molecule has 0 radical (unpaired) electrons. The minimum absolute atomic E-state index is 0.495. The lowest BCUT2D eigenvalue weighted by Gasteiger charge is -2.25. The summed E-state index contributed by atoms with van der Waals surface area (Å²) in [5.41, 5.74) is 1.43. The van der Waals surface area contributed by atoms with Gasteiger partial charge in [-0.15, -0.1) is 0 Å². The molecule has 3 heteroatoms. The molecule has 17 heavy (non-hydrogen) atoms. The first kappa shape index (κ1) is 11.9. The van der Waals surface area contributed by atoms with Gasteiger partial charge in [0.1, 0.15) is 0 Å². The number of aliphatic hydroxyl groups excluding tert-OH is 1. The predicted molar refractivity (Wildman–Crippen MR) is 65.4 cm³/mol. The highest BCUT2D eigenvalue weighted by Crippen LogP contribution is 2.46. The number of fused-ring (bicyclic) bond motifs is 1. The Morgan fingerprint density at radius 3 is 2.65 bits per heavy atom. The van der Waals surface area contributed by atoms with Gasteiger partial charge in [-0.05, 0) is 36.1 Å². The molecule has 1 unspecified atom stereocenters. The van der Waals surface area contributed by atoms with Crippen LogP contribution in [0.1, 0.15) is 37.5 Å². The van der Waals surface area contributed by atoms with Gasteiger partial charge in [0.2, 0.25) is 0 Å². The molecule has 1 aromatic rings. The van der Waals surface area contributed by atoms with E-state index in [1.54, 1.807) is 13.0 Å². The van der Waals surface area contributed by atoms with Crippen LogP contribution < -0.4 is 0 Å². The smallest absolute Gasteiger partial charge is 0.313 e. The molecule has 1 aliphatic rings. The quantitative estimate of drug-likeness (QED) is 0.842. The third-order valence-corrected chi connectivity index (χ3v) is 3.67. The van der Waals surface area contributed by atoms with Gasteiger partial charge in [-0.1, -0.05) is 31.2 Å². The Hall–Kier alpha value is -1.61. The monoisotopic (exact) mass is 232 g/mol. The lowest BCUT2D eigenvalue weighted by atomic mass is 9.77. The third-order valence-electron chi connectivity index (χ3n) is 3.67. The van der Waals surface area contributed by atoms with E-state index in [4.69, 9.17) is 0 Å². The second kappa shape index (κ2) is 4.00. The summed E-state index contributed by atoms with van der Waals surface area (Å²) in [6, 6.07) is 7.42. The zero-order chi connectivity index (χ0) is 12.6. The van der Waals surface area contributed by atoms with Crippen LogP contribution >= 0.6 is 0 Å². The number of aliphatic carboxylic acids is 1. The van der Waals surface area contributed by atoms with Crippen molar-refractivity contribution >= 4 is 11.5 Å². The molecule has 0 spiro atoms. The van der Waals surface area contributed by atoms with Crippen molar-refractivity contribution in [1.29, 1.82) is 0 Å². The summed E-state index contributed by atoms with van der Waals surface area (Å²) in [5, 5.41) is 19.3. The summed E-state index contributed by atoms with van der Waals surface area (Å²) in [6.07, 6.45) is 1.46. The van der Waals surface area contributed by atoms with Gasteiger partial charge in [-0.25, -0.2) is 0 Å². The average molecular weight is 232 g/mol. The van der Waals surface area contributed by atoms with Crippen LogP contribution in [0, 0.1) is 5.41 Å². The molecule has 3 nitrogen and oxygen atoms in total. The Kier molecular flexibility index (Phi) is 2.79. The molecule has 2 atom stereocenters. The fraction of sp³-hybridized carbons (Fsp3) is 0.357. The number of rotatable bonds is 3. The summed E-state index contributed by atoms with van der Waals surface area (Å²) < 4.78 is 0. The van der Waals surface area contributed by atoms with Crippen LogP contribution in [0.2, 0.25) is 0 Å². The van der Waals surface area contributed by atoms with Gasteiger partial charge in [0.25, 0.3) is 0 Å². The van der Waals surface area contributed by atoms with E-state index < -0.39 is 17.5 Å². The average Bonchev–Trinajstić information content (AvgIpc) is 2.67. The van der Waals surface area contributed by atoms with Gasteiger partial charge in [0, 0.05) is 0 Å². The first-order valence-electron chi connectivity index (χ1n) is 5.73. The SMILES string of the molecule is CC[C@@](C)(C(=O)O)C1=CC(O)c2ccccc21. The second-order valence-electron chi connectivity index (χ2n) is 4.60. The van der Waals surface area contributed by atoms with Crippen molar-refractivity contribution in [2.45, 2.75) is 26.4 Å². The standard InChI is InChI=1S/C14H16O3/c1-3-14(2,13(16)17)11-8-12(15)10-7-5-4-6-9(10)11/h4-8,12,15H,3H2,1-2H3,(H,16,17)/t12?,14-/m1/s1. The first-order chi connectivity index (χ1) is 8.00. The second-order valence-corrected chi connectivity index (χ2v) is 4.60. The minimum atomic E-state index is -0.937. The Morgan fingerprint density at radius 1 is 1.41 bits per heavy atom. The number of aliphatic hydroxyl groups is 1. The lowest BCUT2D eigenvalue weighted by molar-refractivity contribution is -0.144. The van der Waals surface area contributed by atoms with Gasteiger partial charge in [0.15, 0.2) is 0 Å². The topological polar surface area (TPSA) is 57.5 Å². The largest absolute Gasteiger partial charge is 0.481 e. The van der Waals surface area contributed by atoms with Gasteiger partial charge in [-0.2, -0.15) is 0 Å². The molecule has 0 aromatic heterocycles. The van der Waals surface area contributed by atoms with Crippen molar-refractivity contribution in [3.05, 3.63) is 41.5 Å². The number of carboxylic acid groups (broad SMARTS) is 1. The molecule has 2 rings (SSSR count). The van der Waals surface area contributed by atoms with Crippen LogP contribution in [0.5, 0.6) is 0 Å². The van der Waals surface area contributed by atoms with Crippen LogP contribution in [-0.4, -0.2) is 16.2 Å². The van der Waals surface area contributed by atoms with E-state index in [1.807, 2.05) is 31.2 Å². The van der Waals surface area contributed by atoms with Crippen molar-refractivity contribution < 1.29 is 15.0 Å². The van der Waals surface area contributed by atoms with Crippen molar-refractivity contribution in [2.75, 3.05) is 0 Å². The normalized spacial score (nSPS) is 21.6. The van der Waals surface area contributed by atoms with Crippen molar-refractivity contribution in [2.24, 2.45) is 5.41 Å². The fourth-order valence-electron chi connectivity index (χ4n) is 2.28. The van der Waals surface area contributed by atoms with E-state index in [0.29, 0.717) is 6.42 Å². The summed E-state index contributed by atoms with van der Waals surface area (Å²) in [5.74, 6) is -0.852. The third kappa shape index (κ3) is 1.67. The van der Waals surface area contributed by atoms with E-state index in [-0.39, 0.29) is 0 Å². The predicted octanol–water partition coefficient (Wildman–Crippen LogP) is 2.62. The molecule has 1 aliphatic carbocycles. The molecular formula is C14H16O3. The Balaban J connectivity index is 2.56. The van der Waals surface area contributed by atoms with Crippen LogP contribution in [0.3, 0.4) is 0 Å². The molecule has 2 N–H and O–H groups in total. The summed E-state index contributed by atoms with van der Waals surface area (Å²) >= 11 is 0. The molecule has 0 amide bonds. The molecule has 0 saturated carbocycles. The Morgan fingerprint density at radius 2 is 2.06 bits per heavy atom. The molecular weight excluding hydrogens is 216 g/mol. The summed E-state index contributed by atoms with van der Waals surface area (Å²) in [4.78, 5) is 11.4. The van der Waals surface area contributed by atoms with Crippen molar-refractivity contribution in [3.63, 3.8) is 0 Å². The fourth-order valence-corrected chi connectivity index (χ4v) is 2.28. The number of benzene rings is 1. The van der Waals surface area contributed by atoms with Gasteiger partial charge in [-0.3, -0.25) is 4.79 Å². The zero-order valence-electron chi connectivity index (χ0n) is 9.97. The molecule has 1 aromatic carbocycles. The maximum absolute atomic E-state index is 11.4. The van der Waals surface area contributed by atoms with Gasteiger partial charge < -0.3 is 10.2 Å². The molecule has 0 bridgehead atoms. The van der Waals surface area contributed by atoms with E-state index in [9.17, 15) is 15.0 Å². The van der Waals surface area contributed by atoms with Crippen LogP contribution in [-0.2, 0) is 4.79 Å². The van der Waals surface area contributed by atoms with E-state index in [0.717, 1.165) is 16.7 Å². The van der Waals surface area contributed by atoms with Gasteiger partial charge >= 0.3 is 5.97 Å². The van der Waals surface area contributed by atoms with Crippen LogP contribution in [0.4, 0.5) is 0 Å². The van der Waals surface area contributed by atoms with E-state index >= 15 is 0 Å². The molecule has 0 fully saturated rings. The zero-order valence-corrected chi connectivity index (χ0v) is 9.97. The Bertz CT molecular complexity index is 490. The maximum Gasteiger partial charge on any atom is 0.313 e. The lowest BCUT2D eigenvalue weighted by Crippen LogP contribution is -2.27. The van der Waals surface area contributed by atoms with E-state index in [2.05, 4.69) is 0 Å². The molecule has 0 saturated heterocycles. The summed E-state index contributed by atoms with van der Waals surface area (Å²) in [6.45, 7) is 3.55. The van der Waals surface area contributed by atoms with E-state index in [1.165, 1.54) is 0 Å². The number of carboxylic acids is 1. The maximum atomic E-state index is 11.4. The van der Waals surface area contributed by atoms with Crippen molar-refractivity contribution in [1.82, 2.24) is 0 Å². The first-order valence-corrected chi connectivity index (χ1v) is 5.73. The highest BCUT2D eigenvalue weighted by atomic mass is 16.4. The summed E-state index contributed by atoms with van der Waals surface area (Å²) in [7, 11) is 0. The Labute approximate surface area is 100 Å². The molecule has 90 valence electrons. The number of hydrogen-bond donors (Lipinski definition) is 2. The molecule has 0 heterocycles. The van der Waals surface area contributed by atoms with Gasteiger partial charge in [0.05, 0.1) is 11.5 Å². The number of carbonyl (C=O) groups is 1. The van der Waals surface area contributed by atoms with Crippen LogP contribution in [0.25, 0.3) is 5.57 Å². The van der Waals surface area contributed by atoms with Crippen molar-refractivity contribution in [3.8, 4) is 0 Å². The highest BCUT2D eigenvalue weighted by Gasteiger charge is 2.40. The highest BCUT2D eigenvalue weighted by molar-refractivity contribution is 5.94. The molecule has 0 aliphatic heterocycles. The number of hydrogen-bond acceptors (Lipinski definition) is 2.